The van der Waals surface area contributed by atoms with Crippen LogP contribution in [0.1, 0.15) is 45.6 Å². The van der Waals surface area contributed by atoms with Gasteiger partial charge in [-0.25, -0.2) is 0 Å². The van der Waals surface area contributed by atoms with E-state index in [0.29, 0.717) is 19.8 Å². The summed E-state index contributed by atoms with van der Waals surface area (Å²) in [6.45, 7) is 7.30. The summed E-state index contributed by atoms with van der Waals surface area (Å²) in [5, 5.41) is 3.55. The van der Waals surface area contributed by atoms with Crippen LogP contribution < -0.4 is 0 Å². The number of hydrogen-bond donors (Lipinski definition) is 0. The first-order valence-corrected chi connectivity index (χ1v) is 10.3. The molecule has 5 atom stereocenters. The Morgan fingerprint density at radius 2 is 1.83 bits per heavy atom. The van der Waals surface area contributed by atoms with Gasteiger partial charge in [0.05, 0.1) is 12.7 Å². The fraction of sp³-hybridized carbons (Fsp3) is 0.714. The van der Waals surface area contributed by atoms with E-state index in [4.69, 9.17) is 29.2 Å². The molecule has 3 rings (SSSR count). The van der Waals surface area contributed by atoms with Gasteiger partial charge in [-0.05, 0) is 44.7 Å². The van der Waals surface area contributed by atoms with Gasteiger partial charge in [-0.15, -0.1) is 0 Å². The van der Waals surface area contributed by atoms with E-state index in [2.05, 4.69) is 10.0 Å². The number of hydrogen-bond acceptors (Lipinski definition) is 6. The minimum atomic E-state index is -0.683. The Morgan fingerprint density at radius 1 is 1.07 bits per heavy atom. The maximum Gasteiger partial charge on any atom is 0.186 e. The average Bonchev–Trinajstić information content (AvgIpc) is 3.03. The van der Waals surface area contributed by atoms with Crippen molar-refractivity contribution in [2.75, 3.05) is 13.2 Å². The lowest BCUT2D eigenvalue weighted by atomic mass is 9.99. The van der Waals surface area contributed by atoms with Gasteiger partial charge in [0, 0.05) is 18.1 Å². The van der Waals surface area contributed by atoms with Crippen LogP contribution in [0.5, 0.6) is 0 Å². The molecule has 0 radical (unpaired) electrons. The zero-order valence-electron chi connectivity index (χ0n) is 17.4. The predicted octanol–water partition coefficient (Wildman–Crippen LogP) is 4.33. The second-order valence-corrected chi connectivity index (χ2v) is 7.92. The van der Waals surface area contributed by atoms with Crippen molar-refractivity contribution in [2.45, 2.75) is 83.1 Å². The highest BCUT2D eigenvalue weighted by atomic mass is 16.8. The summed E-state index contributed by atoms with van der Waals surface area (Å²) in [7, 11) is 0. The topological polar surface area (TPSA) is 94.9 Å². The summed E-state index contributed by atoms with van der Waals surface area (Å²) < 4.78 is 30.6. The van der Waals surface area contributed by atoms with Crippen molar-refractivity contribution < 1.29 is 23.7 Å². The Kier molecular flexibility index (Phi) is 7.89. The number of nitrogens with zero attached hydrogens (tertiary/aromatic N) is 3. The molecule has 0 bridgehead atoms. The molecule has 0 unspecified atom stereocenters. The minimum Gasteiger partial charge on any atom is -0.365 e. The molecular weight excluding hydrogens is 374 g/mol. The molecule has 0 spiro atoms. The number of benzene rings is 1. The molecule has 2 aliphatic rings. The number of fused-ring (bicyclic) bond motifs is 1. The molecule has 0 amide bonds. The van der Waals surface area contributed by atoms with E-state index in [1.54, 1.807) is 0 Å². The average molecular weight is 405 g/mol. The van der Waals surface area contributed by atoms with E-state index in [1.807, 2.05) is 51.1 Å². The molecule has 8 nitrogen and oxygen atoms in total. The molecule has 2 fully saturated rings. The maximum absolute atomic E-state index is 8.32. The third kappa shape index (κ3) is 6.15. The van der Waals surface area contributed by atoms with Crippen molar-refractivity contribution in [1.29, 1.82) is 0 Å². The van der Waals surface area contributed by atoms with Crippen LogP contribution >= 0.6 is 0 Å². The number of rotatable bonds is 10. The van der Waals surface area contributed by atoms with E-state index in [0.717, 1.165) is 24.8 Å². The molecule has 2 heterocycles. The van der Waals surface area contributed by atoms with Crippen LogP contribution in [0, 0.1) is 0 Å². The number of unbranched alkanes of at least 4 members (excludes halogenated alkanes) is 2. The third-order valence-electron chi connectivity index (χ3n) is 5.10. The molecule has 29 heavy (non-hydrogen) atoms. The largest absolute Gasteiger partial charge is 0.365 e. The Hall–Kier alpha value is -1.67. The standard InChI is InChI=1S/C21H31N3O5/c1-15-17-18(29-21(2,3)28-17)19(26-14-16-10-6-4-7-11-16)20(27-15)25-13-9-5-8-12-23-24-22/h4,6-7,10-11,15,17-20H,5,8-9,12-14H2,1-3H3/t15-,17+,18+,19-,20-/m0/s1. The fourth-order valence-electron chi connectivity index (χ4n) is 3.74. The maximum atomic E-state index is 8.32. The van der Waals surface area contributed by atoms with Gasteiger partial charge < -0.3 is 23.7 Å². The molecule has 8 heteroatoms. The summed E-state index contributed by atoms with van der Waals surface area (Å²) in [5.74, 6) is -0.683. The Bertz CT molecular complexity index is 680. The van der Waals surface area contributed by atoms with Crippen molar-refractivity contribution >= 4 is 0 Å². The van der Waals surface area contributed by atoms with E-state index < -0.39 is 12.1 Å². The summed E-state index contributed by atoms with van der Waals surface area (Å²) >= 11 is 0. The molecule has 0 saturated carbocycles. The van der Waals surface area contributed by atoms with Crippen LogP contribution in [0.4, 0.5) is 0 Å². The summed E-state index contributed by atoms with van der Waals surface area (Å²) in [6, 6.07) is 10.0. The molecule has 2 saturated heterocycles. The molecule has 0 aliphatic carbocycles. The number of ether oxygens (including phenoxy) is 5. The zero-order chi connectivity index (χ0) is 20.7. The lowest BCUT2D eigenvalue weighted by molar-refractivity contribution is -0.286. The first-order valence-electron chi connectivity index (χ1n) is 10.3. The monoisotopic (exact) mass is 405 g/mol. The molecular formula is C21H31N3O5. The quantitative estimate of drug-likeness (QED) is 0.250. The summed E-state index contributed by atoms with van der Waals surface area (Å²) in [6.07, 6.45) is 1.10. The molecule has 1 aromatic carbocycles. The van der Waals surface area contributed by atoms with Crippen molar-refractivity contribution in [2.24, 2.45) is 5.11 Å². The van der Waals surface area contributed by atoms with Crippen molar-refractivity contribution in [3.8, 4) is 0 Å². The lowest BCUT2D eigenvalue weighted by Crippen LogP contribution is -2.57. The Morgan fingerprint density at radius 3 is 2.59 bits per heavy atom. The Balaban J connectivity index is 1.60. The zero-order valence-corrected chi connectivity index (χ0v) is 17.4. The fourth-order valence-corrected chi connectivity index (χ4v) is 3.74. The highest BCUT2D eigenvalue weighted by molar-refractivity contribution is 5.13. The second-order valence-electron chi connectivity index (χ2n) is 7.92. The first-order chi connectivity index (χ1) is 14.0. The van der Waals surface area contributed by atoms with Gasteiger partial charge in [-0.3, -0.25) is 0 Å². The first kappa shape index (κ1) is 22.0. The van der Waals surface area contributed by atoms with Crippen LogP contribution in [0.15, 0.2) is 35.4 Å². The molecule has 0 N–H and O–H groups in total. The van der Waals surface area contributed by atoms with Gasteiger partial charge in [0.2, 0.25) is 0 Å². The van der Waals surface area contributed by atoms with Gasteiger partial charge in [-0.1, -0.05) is 41.9 Å². The Labute approximate surface area is 172 Å². The minimum absolute atomic E-state index is 0.159. The molecule has 2 aliphatic heterocycles. The molecule has 0 aromatic heterocycles. The highest BCUT2D eigenvalue weighted by Crippen LogP contribution is 2.39. The normalized spacial score (nSPS) is 30.5. The molecule has 160 valence electrons. The van der Waals surface area contributed by atoms with Gasteiger partial charge in [-0.2, -0.15) is 0 Å². The van der Waals surface area contributed by atoms with E-state index in [1.165, 1.54) is 0 Å². The van der Waals surface area contributed by atoms with E-state index in [-0.39, 0.29) is 24.4 Å². The van der Waals surface area contributed by atoms with Crippen LogP contribution in [-0.4, -0.2) is 49.6 Å². The van der Waals surface area contributed by atoms with Crippen molar-refractivity contribution in [3.63, 3.8) is 0 Å². The summed E-state index contributed by atoms with van der Waals surface area (Å²) in [5.41, 5.74) is 9.40. The smallest absolute Gasteiger partial charge is 0.186 e. The predicted molar refractivity (Wildman–Crippen MR) is 107 cm³/mol. The van der Waals surface area contributed by atoms with Crippen LogP contribution in [-0.2, 0) is 30.3 Å². The second kappa shape index (κ2) is 10.4. The SMILES string of the molecule is C[C@@H]1O[C@H](OCCCCCN=[N+]=[N-])[C@@H](OCc2ccccc2)[C@@H]2OC(C)(C)O[C@@H]21. The third-order valence-corrected chi connectivity index (χ3v) is 5.10. The van der Waals surface area contributed by atoms with Crippen LogP contribution in [0.25, 0.3) is 10.4 Å². The van der Waals surface area contributed by atoms with Crippen molar-refractivity contribution in [3.05, 3.63) is 46.3 Å². The van der Waals surface area contributed by atoms with E-state index in [9.17, 15) is 0 Å². The van der Waals surface area contributed by atoms with E-state index >= 15 is 0 Å². The number of azide groups is 1. The van der Waals surface area contributed by atoms with Crippen LogP contribution in [0.3, 0.4) is 0 Å². The van der Waals surface area contributed by atoms with Gasteiger partial charge in [0.15, 0.2) is 12.1 Å². The van der Waals surface area contributed by atoms with Crippen molar-refractivity contribution in [1.82, 2.24) is 0 Å². The highest BCUT2D eigenvalue weighted by Gasteiger charge is 2.54. The molecule has 1 aromatic rings. The van der Waals surface area contributed by atoms with Crippen LogP contribution in [0.2, 0.25) is 0 Å². The summed E-state index contributed by atoms with van der Waals surface area (Å²) in [4.78, 5) is 2.76. The van der Waals surface area contributed by atoms with Gasteiger partial charge in [0.1, 0.15) is 18.3 Å². The lowest BCUT2D eigenvalue weighted by Gasteiger charge is -2.40. The van der Waals surface area contributed by atoms with Gasteiger partial charge in [0.25, 0.3) is 0 Å². The van der Waals surface area contributed by atoms with Gasteiger partial charge >= 0.3 is 0 Å².